The Bertz CT molecular complexity index is 1000. The van der Waals surface area contributed by atoms with Crippen molar-refractivity contribution in [2.75, 3.05) is 18.9 Å². The van der Waals surface area contributed by atoms with E-state index in [2.05, 4.69) is 25.0 Å². The molecule has 2 atom stereocenters. The summed E-state index contributed by atoms with van der Waals surface area (Å²) in [4.78, 5) is 54.3. The number of anilines is 1. The average Bonchev–Trinajstić information content (AvgIpc) is 3.04. The number of aliphatic carboxylic acids is 1. The van der Waals surface area contributed by atoms with Gasteiger partial charge < -0.3 is 31.5 Å². The third-order valence-electron chi connectivity index (χ3n) is 3.42. The van der Waals surface area contributed by atoms with Gasteiger partial charge in [-0.2, -0.15) is 8.42 Å². The molecule has 3 amide bonds. The van der Waals surface area contributed by atoms with E-state index in [1.54, 1.807) is 0 Å². The smallest absolute Gasteiger partial charge is 0.404 e. The molecule has 0 bridgehead atoms. The monoisotopic (exact) mass is 466 g/mol. The maximum Gasteiger partial charge on any atom is 0.404 e. The molecule has 1 aromatic rings. The van der Waals surface area contributed by atoms with Crippen LogP contribution < -0.4 is 16.8 Å². The van der Waals surface area contributed by atoms with Crippen LogP contribution in [0.15, 0.2) is 10.5 Å². The highest BCUT2D eigenvalue weighted by Crippen LogP contribution is 2.24. The van der Waals surface area contributed by atoms with Gasteiger partial charge in [-0.3, -0.25) is 14.1 Å². The molecular weight excluding hydrogens is 452 g/mol. The number of carbonyl (C=O) groups is 4. The van der Waals surface area contributed by atoms with Crippen molar-refractivity contribution >= 4 is 56.4 Å². The van der Waals surface area contributed by atoms with Crippen molar-refractivity contribution in [2.45, 2.75) is 12.1 Å². The van der Waals surface area contributed by atoms with Gasteiger partial charge in [0.05, 0.1) is 0 Å². The van der Waals surface area contributed by atoms with Gasteiger partial charge in [-0.05, 0) is 0 Å². The minimum atomic E-state index is -5.02. The van der Waals surface area contributed by atoms with Crippen LogP contribution in [0.25, 0.3) is 0 Å². The van der Waals surface area contributed by atoms with Crippen LogP contribution in [0.4, 0.5) is 9.93 Å². The average molecular weight is 466 g/mol. The van der Waals surface area contributed by atoms with Crippen molar-refractivity contribution < 1.29 is 46.8 Å². The molecule has 0 saturated carbocycles. The molecule has 1 aromatic heterocycles. The highest BCUT2D eigenvalue weighted by molar-refractivity contribution is 7.84. The molecule has 0 unspecified atom stereocenters. The third-order valence-corrected chi connectivity index (χ3v) is 5.05. The van der Waals surface area contributed by atoms with E-state index in [0.717, 1.165) is 11.3 Å². The fourth-order valence-corrected chi connectivity index (χ4v) is 3.67. The number of nitrogen functional groups attached to an aromatic ring is 1. The van der Waals surface area contributed by atoms with Crippen LogP contribution in [0, 0.1) is 0 Å². The first kappa shape index (κ1) is 22.8. The number of oxime groups is 1. The number of carboxylic acids is 1. The first-order chi connectivity index (χ1) is 13.9. The Kier molecular flexibility index (Phi) is 6.74. The molecule has 1 aliphatic heterocycles. The van der Waals surface area contributed by atoms with Gasteiger partial charge in [0.15, 0.2) is 10.8 Å². The van der Waals surface area contributed by atoms with Crippen LogP contribution in [0.1, 0.15) is 5.69 Å². The number of thiazole rings is 1. The number of β-lactam (4-membered cyclic amide) rings is 1. The number of amides is 3. The number of aromatic nitrogens is 1. The summed E-state index contributed by atoms with van der Waals surface area (Å²) in [5.74, 6) is -3.76. The van der Waals surface area contributed by atoms with Gasteiger partial charge in [-0.15, -0.1) is 11.3 Å². The Balaban J connectivity index is 2.24. The quantitative estimate of drug-likeness (QED) is 0.106. The normalized spacial score (nSPS) is 19.0. The Morgan fingerprint density at radius 3 is 2.57 bits per heavy atom. The van der Waals surface area contributed by atoms with Gasteiger partial charge in [0.1, 0.15) is 24.4 Å². The minimum Gasteiger partial charge on any atom is -0.479 e. The molecule has 0 aromatic carbocycles. The lowest BCUT2D eigenvalue weighted by Gasteiger charge is -2.43. The molecule has 30 heavy (non-hydrogen) atoms. The van der Waals surface area contributed by atoms with Gasteiger partial charge in [0, 0.05) is 5.38 Å². The number of primary amides is 1. The van der Waals surface area contributed by atoms with Crippen LogP contribution in [0.3, 0.4) is 0 Å². The van der Waals surface area contributed by atoms with Crippen LogP contribution in [-0.4, -0.2) is 82.3 Å². The Labute approximate surface area is 171 Å². The zero-order valence-corrected chi connectivity index (χ0v) is 16.3. The zero-order valence-electron chi connectivity index (χ0n) is 14.6. The van der Waals surface area contributed by atoms with Crippen molar-refractivity contribution in [3.05, 3.63) is 11.1 Å². The van der Waals surface area contributed by atoms with E-state index in [1.165, 1.54) is 5.38 Å². The van der Waals surface area contributed by atoms with E-state index in [-0.39, 0.29) is 15.1 Å². The second-order valence-electron chi connectivity index (χ2n) is 5.44. The fourth-order valence-electron chi connectivity index (χ4n) is 2.26. The number of nitrogens with zero attached hydrogens (tertiary/aromatic N) is 3. The molecule has 1 saturated heterocycles. The molecule has 1 fully saturated rings. The summed E-state index contributed by atoms with van der Waals surface area (Å²) >= 11 is 0.920. The van der Waals surface area contributed by atoms with Gasteiger partial charge in [0.2, 0.25) is 6.61 Å². The molecule has 0 aliphatic carbocycles. The molecule has 16 nitrogen and oxygen atoms in total. The first-order valence-electron chi connectivity index (χ1n) is 7.58. The van der Waals surface area contributed by atoms with Gasteiger partial charge in [-0.1, -0.05) is 5.16 Å². The lowest BCUT2D eigenvalue weighted by Crippen LogP contribution is -2.73. The Morgan fingerprint density at radius 1 is 1.40 bits per heavy atom. The summed E-state index contributed by atoms with van der Waals surface area (Å²) in [6.07, 6.45) is -1.29. The molecule has 2 heterocycles. The lowest BCUT2D eigenvalue weighted by atomic mass is 9.99. The molecular formula is C12H14N6O10S2. The highest BCUT2D eigenvalue weighted by Gasteiger charge is 2.54. The van der Waals surface area contributed by atoms with Crippen LogP contribution in [-0.2, 0) is 34.3 Å². The van der Waals surface area contributed by atoms with E-state index in [9.17, 15) is 27.6 Å². The summed E-state index contributed by atoms with van der Waals surface area (Å²) in [7, 11) is -5.02. The van der Waals surface area contributed by atoms with Gasteiger partial charge >= 0.3 is 22.4 Å². The molecule has 7 N–H and O–H groups in total. The number of hydrogen-bond acceptors (Lipinski definition) is 12. The number of carbonyl (C=O) groups excluding carboxylic acids is 3. The van der Waals surface area contributed by atoms with E-state index in [1.807, 2.05) is 0 Å². The number of carboxylic acid groups (broad SMARTS) is 1. The summed E-state index contributed by atoms with van der Waals surface area (Å²) in [6, 6.07) is -3.08. The van der Waals surface area contributed by atoms with Crippen LogP contribution in [0.2, 0.25) is 0 Å². The van der Waals surface area contributed by atoms with E-state index in [0.29, 0.717) is 0 Å². The standard InChI is InChI=1S/C12H14N6O10S2/c13-11-15-4(3-29-11)7(17-28-2-6(19)20)9(21)16-8-5(1-27-12(14)23)18(10(8)22)30(24,25)26/h3,5,8H,1-2H2,(H2,13,15)(H2,14,23)(H,16,21)(H,19,20)(H,24,25,26)/b17-7-/t5-,8+/m0/s1. The second-order valence-corrected chi connectivity index (χ2v) is 7.62. The summed E-state index contributed by atoms with van der Waals surface area (Å²) < 4.78 is 36.2. The molecule has 0 radical (unpaired) electrons. The van der Waals surface area contributed by atoms with Crippen LogP contribution in [0.5, 0.6) is 0 Å². The van der Waals surface area contributed by atoms with Gasteiger partial charge in [0.25, 0.3) is 11.8 Å². The number of hydrogen-bond donors (Lipinski definition) is 5. The van der Waals surface area contributed by atoms with Crippen molar-refractivity contribution in [3.63, 3.8) is 0 Å². The zero-order chi connectivity index (χ0) is 22.6. The first-order valence-corrected chi connectivity index (χ1v) is 9.86. The van der Waals surface area contributed by atoms with Crippen molar-refractivity contribution in [2.24, 2.45) is 10.9 Å². The second kappa shape index (κ2) is 8.88. The lowest BCUT2D eigenvalue weighted by molar-refractivity contribution is -0.146. The summed E-state index contributed by atoms with van der Waals surface area (Å²) in [5, 5.41) is 15.4. The number of nitrogens with two attached hydrogens (primary N) is 2. The molecule has 18 heteroatoms. The van der Waals surface area contributed by atoms with Gasteiger partial charge in [-0.25, -0.2) is 18.9 Å². The molecule has 164 valence electrons. The molecule has 0 spiro atoms. The predicted octanol–water partition coefficient (Wildman–Crippen LogP) is -2.88. The maximum absolute atomic E-state index is 12.6. The Morgan fingerprint density at radius 2 is 2.07 bits per heavy atom. The number of rotatable bonds is 9. The number of nitrogens with one attached hydrogen (secondary N) is 1. The van der Waals surface area contributed by atoms with Crippen molar-refractivity contribution in [3.8, 4) is 0 Å². The van der Waals surface area contributed by atoms with E-state index in [4.69, 9.17) is 21.1 Å². The third kappa shape index (κ3) is 5.30. The molecule has 2 rings (SSSR count). The highest BCUT2D eigenvalue weighted by atomic mass is 32.2. The molecule has 1 aliphatic rings. The maximum atomic E-state index is 12.6. The van der Waals surface area contributed by atoms with E-state index >= 15 is 0 Å². The fraction of sp³-hybridized carbons (Fsp3) is 0.333. The topological polar surface area (TPSA) is 254 Å². The van der Waals surface area contributed by atoms with Crippen LogP contribution >= 0.6 is 11.3 Å². The van der Waals surface area contributed by atoms with Crippen molar-refractivity contribution in [1.82, 2.24) is 14.6 Å². The Hall–Kier alpha value is -3.51. The van der Waals surface area contributed by atoms with E-state index < -0.39 is 65.2 Å². The number of ether oxygens (including phenoxy) is 1. The predicted molar refractivity (Wildman–Crippen MR) is 96.3 cm³/mol. The minimum absolute atomic E-state index is 0.0144. The SMILES string of the molecule is NC(=O)OC[C@H]1[C@@H](NC(=O)/C(=N\OCC(=O)O)c2csc(N)n2)C(=O)N1S(=O)(=O)O. The summed E-state index contributed by atoms with van der Waals surface area (Å²) in [5.41, 5.74) is 9.58. The van der Waals surface area contributed by atoms with Crippen molar-refractivity contribution in [1.29, 1.82) is 0 Å². The largest absolute Gasteiger partial charge is 0.479 e. The summed E-state index contributed by atoms with van der Waals surface area (Å²) in [6.45, 7) is -1.66.